The molecule has 2 amide bonds. The molecule has 2 aromatic carbocycles. The van der Waals surface area contributed by atoms with E-state index in [1.54, 1.807) is 14.2 Å². The Morgan fingerprint density at radius 3 is 1.25 bits per heavy atom. The van der Waals surface area contributed by atoms with Gasteiger partial charge in [0.15, 0.2) is 0 Å². The van der Waals surface area contributed by atoms with Crippen LogP contribution in [0.1, 0.15) is 80.1 Å². The molecule has 2 aromatic rings. The van der Waals surface area contributed by atoms with Crippen molar-refractivity contribution in [3.05, 3.63) is 36.4 Å². The van der Waals surface area contributed by atoms with Gasteiger partial charge in [-0.2, -0.15) is 0 Å². The maximum Gasteiger partial charge on any atom is 0.231 e. The number of carbonyl (C=O) groups is 4. The van der Waals surface area contributed by atoms with Crippen LogP contribution < -0.4 is 20.1 Å². The number of ketones is 2. The highest BCUT2D eigenvalue weighted by atomic mass is 16.5. The monoisotopic (exact) mass is 600 g/mol. The molecule has 4 aliphatic carbocycles. The zero-order chi connectivity index (χ0) is 32.1. The van der Waals surface area contributed by atoms with E-state index < -0.39 is 32.5 Å². The molecule has 0 aliphatic heterocycles. The predicted molar refractivity (Wildman–Crippen MR) is 169 cm³/mol. The summed E-state index contributed by atoms with van der Waals surface area (Å²) in [4.78, 5) is 53.3. The topological polar surface area (TPSA) is 111 Å². The number of Topliss-reactive ketones (excluding diaryl/α,β-unsaturated/α-hetero) is 2. The van der Waals surface area contributed by atoms with Crippen LogP contribution in [0.15, 0.2) is 36.4 Å². The van der Waals surface area contributed by atoms with Crippen molar-refractivity contribution >= 4 is 34.8 Å². The van der Waals surface area contributed by atoms with Gasteiger partial charge in [0.2, 0.25) is 11.8 Å². The fraction of sp³-hybridized carbons (Fsp3) is 0.556. The maximum absolute atomic E-state index is 13.8. The van der Waals surface area contributed by atoms with Crippen LogP contribution in [-0.2, 0) is 19.2 Å². The Morgan fingerprint density at radius 1 is 0.614 bits per heavy atom. The first-order valence-corrected chi connectivity index (χ1v) is 15.6. The van der Waals surface area contributed by atoms with Gasteiger partial charge in [0, 0.05) is 23.7 Å². The van der Waals surface area contributed by atoms with Gasteiger partial charge >= 0.3 is 0 Å². The Hall–Kier alpha value is -3.68. The minimum atomic E-state index is -0.742. The minimum Gasteiger partial charge on any atom is -0.495 e. The molecular formula is C36H44N2O6. The van der Waals surface area contributed by atoms with E-state index in [1.165, 1.54) is 0 Å². The van der Waals surface area contributed by atoms with E-state index in [0.29, 0.717) is 35.7 Å². The molecule has 0 radical (unpaired) electrons. The number of amides is 2. The third kappa shape index (κ3) is 3.57. The first kappa shape index (κ1) is 30.4. The van der Waals surface area contributed by atoms with E-state index in [1.807, 2.05) is 77.9 Å². The lowest BCUT2D eigenvalue weighted by atomic mass is 9.64. The molecule has 234 valence electrons. The second-order valence-corrected chi connectivity index (χ2v) is 15.0. The highest BCUT2D eigenvalue weighted by Gasteiger charge is 2.73. The Kier molecular flexibility index (Phi) is 6.49. The summed E-state index contributed by atoms with van der Waals surface area (Å²) in [5.41, 5.74) is -0.556. The largest absolute Gasteiger partial charge is 0.495 e. The Labute approximate surface area is 259 Å². The number of nitrogens with one attached hydrogen (secondary N) is 2. The average Bonchev–Trinajstić information content (AvgIpc) is 3.45. The van der Waals surface area contributed by atoms with Crippen molar-refractivity contribution in [2.24, 2.45) is 32.5 Å². The van der Waals surface area contributed by atoms with Crippen molar-refractivity contribution in [3.63, 3.8) is 0 Å². The summed E-state index contributed by atoms with van der Waals surface area (Å²) < 4.78 is 11.4. The second kappa shape index (κ2) is 9.41. The zero-order valence-electron chi connectivity index (χ0n) is 27.2. The molecule has 4 atom stereocenters. The number of carbonyl (C=O) groups excluding carboxylic acids is 4. The first-order valence-electron chi connectivity index (χ1n) is 15.6. The number of fused-ring (bicyclic) bond motifs is 4. The van der Waals surface area contributed by atoms with Crippen LogP contribution >= 0.6 is 0 Å². The molecule has 6 rings (SSSR count). The van der Waals surface area contributed by atoms with Gasteiger partial charge in [-0.05, 0) is 71.9 Å². The molecule has 0 unspecified atom stereocenters. The molecule has 4 bridgehead atoms. The third-order valence-corrected chi connectivity index (χ3v) is 13.5. The van der Waals surface area contributed by atoms with Crippen LogP contribution in [0.5, 0.6) is 11.5 Å². The Balaban J connectivity index is 1.24. The summed E-state index contributed by atoms with van der Waals surface area (Å²) in [5.74, 6) is 1.06. The molecule has 44 heavy (non-hydrogen) atoms. The third-order valence-electron chi connectivity index (χ3n) is 13.5. The molecule has 2 N–H and O–H groups in total. The van der Waals surface area contributed by atoms with Crippen LogP contribution in [-0.4, -0.2) is 37.6 Å². The Morgan fingerprint density at radius 2 is 0.977 bits per heavy atom. The van der Waals surface area contributed by atoms with Crippen LogP contribution in [0.25, 0.3) is 11.1 Å². The van der Waals surface area contributed by atoms with Gasteiger partial charge in [-0.15, -0.1) is 0 Å². The van der Waals surface area contributed by atoms with Crippen LogP contribution in [0.3, 0.4) is 0 Å². The summed E-state index contributed by atoms with van der Waals surface area (Å²) in [5, 5.41) is 6.17. The fourth-order valence-corrected chi connectivity index (χ4v) is 9.15. The SMILES string of the molecule is COc1cc(-c2ccc(NC(=O)[C@@]34CC[C@@](C)(C(=O)C3)C4(C)C)c(OC)c2)ccc1NC(=O)[C@@]12CC[C@@](C)(C(=O)C1)C2(C)C. The first-order chi connectivity index (χ1) is 20.5. The van der Waals surface area contributed by atoms with Gasteiger partial charge in [0.25, 0.3) is 0 Å². The molecule has 8 nitrogen and oxygen atoms in total. The van der Waals surface area contributed by atoms with Gasteiger partial charge in [-0.3, -0.25) is 19.2 Å². The number of hydrogen-bond donors (Lipinski definition) is 2. The van der Waals surface area contributed by atoms with E-state index in [2.05, 4.69) is 10.6 Å². The molecule has 0 saturated heterocycles. The van der Waals surface area contributed by atoms with Gasteiger partial charge in [-0.25, -0.2) is 0 Å². The molecule has 4 aliphatic rings. The highest BCUT2D eigenvalue weighted by molar-refractivity contribution is 6.06. The number of benzene rings is 2. The van der Waals surface area contributed by atoms with E-state index >= 15 is 0 Å². The van der Waals surface area contributed by atoms with E-state index in [9.17, 15) is 19.2 Å². The summed E-state index contributed by atoms with van der Waals surface area (Å²) in [6.07, 6.45) is 3.34. The predicted octanol–water partition coefficient (Wildman–Crippen LogP) is 6.82. The Bertz CT molecular complexity index is 1510. The lowest BCUT2D eigenvalue weighted by molar-refractivity contribution is -0.131. The molecular weight excluding hydrogens is 556 g/mol. The van der Waals surface area contributed by atoms with Crippen molar-refractivity contribution in [3.8, 4) is 22.6 Å². The number of anilines is 2. The van der Waals surface area contributed by atoms with Crippen LogP contribution in [0, 0.1) is 32.5 Å². The number of rotatable bonds is 7. The molecule has 8 heteroatoms. The number of hydrogen-bond acceptors (Lipinski definition) is 6. The normalized spacial score (nSPS) is 32.5. The molecule has 0 aromatic heterocycles. The highest BCUT2D eigenvalue weighted by Crippen LogP contribution is 2.72. The lowest BCUT2D eigenvalue weighted by Gasteiger charge is -2.38. The van der Waals surface area contributed by atoms with E-state index in [0.717, 1.165) is 24.0 Å². The van der Waals surface area contributed by atoms with E-state index in [-0.39, 0.29) is 36.2 Å². The smallest absolute Gasteiger partial charge is 0.231 e. The van der Waals surface area contributed by atoms with Gasteiger partial charge in [0.1, 0.15) is 23.1 Å². The number of ether oxygens (including phenoxy) is 2. The van der Waals surface area contributed by atoms with Crippen molar-refractivity contribution in [1.29, 1.82) is 0 Å². The lowest BCUT2D eigenvalue weighted by Crippen LogP contribution is -2.43. The van der Waals surface area contributed by atoms with Crippen molar-refractivity contribution < 1.29 is 28.7 Å². The number of methoxy groups -OCH3 is 2. The maximum atomic E-state index is 13.8. The second-order valence-electron chi connectivity index (χ2n) is 15.0. The summed E-state index contributed by atoms with van der Waals surface area (Å²) in [6.45, 7) is 12.2. The minimum absolute atomic E-state index is 0.140. The van der Waals surface area contributed by atoms with E-state index in [4.69, 9.17) is 9.47 Å². The molecule has 0 spiro atoms. The molecule has 4 fully saturated rings. The van der Waals surface area contributed by atoms with Crippen molar-refractivity contribution in [2.75, 3.05) is 24.9 Å². The fourth-order valence-electron chi connectivity index (χ4n) is 9.15. The summed E-state index contributed by atoms with van der Waals surface area (Å²) in [6, 6.07) is 11.1. The van der Waals surface area contributed by atoms with Crippen molar-refractivity contribution in [2.45, 2.75) is 80.1 Å². The standard InChI is InChI=1S/C36H44N2O6/c1-31(2)33(5)13-15-35(31,19-27(33)39)29(41)37-23-11-9-21(17-25(23)43-7)22-10-12-24(26(18-22)44-8)38-30(42)36-16-14-34(6,28(40)20-36)32(36,3)4/h9-12,17-18H,13-16,19-20H2,1-8H3,(H,37,41)(H,38,42)/t33-,34-,35+,36+/m0/s1. The van der Waals surface area contributed by atoms with Crippen LogP contribution in [0.2, 0.25) is 0 Å². The molecule has 0 heterocycles. The van der Waals surface area contributed by atoms with Gasteiger partial charge in [0.05, 0.1) is 36.4 Å². The summed E-state index contributed by atoms with van der Waals surface area (Å²) in [7, 11) is 3.12. The average molecular weight is 601 g/mol. The summed E-state index contributed by atoms with van der Waals surface area (Å²) >= 11 is 0. The molecule has 4 saturated carbocycles. The quantitative estimate of drug-likeness (QED) is 0.361. The zero-order valence-corrected chi connectivity index (χ0v) is 27.2. The van der Waals surface area contributed by atoms with Crippen molar-refractivity contribution in [1.82, 2.24) is 0 Å². The van der Waals surface area contributed by atoms with Crippen LogP contribution in [0.4, 0.5) is 11.4 Å². The van der Waals surface area contributed by atoms with Gasteiger partial charge in [-0.1, -0.05) is 53.7 Å². The van der Waals surface area contributed by atoms with Gasteiger partial charge < -0.3 is 20.1 Å².